The van der Waals surface area contributed by atoms with Gasteiger partial charge in [-0.05, 0) is 23.0 Å². The zero-order valence-corrected chi connectivity index (χ0v) is 16.7. The Morgan fingerprint density at radius 1 is 1.00 bits per heavy atom. The smallest absolute Gasteiger partial charge is 0.327 e. The third kappa shape index (κ3) is 10.9. The van der Waals surface area contributed by atoms with Crippen LogP contribution in [0.2, 0.25) is 0 Å². The lowest BCUT2D eigenvalue weighted by Gasteiger charge is -2.11. The molecule has 0 radical (unpaired) electrons. The Bertz CT molecular complexity index is 749. The molecule has 2 rings (SSSR count). The van der Waals surface area contributed by atoms with Crippen molar-refractivity contribution in [3.05, 3.63) is 83.9 Å². The van der Waals surface area contributed by atoms with Crippen LogP contribution in [0.1, 0.15) is 31.9 Å². The molecule has 2 aromatic carbocycles. The number of allylic oxidation sites excluding steroid dienone is 1. The fourth-order valence-electron chi connectivity index (χ4n) is 2.11. The molecule has 0 bridgehead atoms. The highest BCUT2D eigenvalue weighted by molar-refractivity contribution is 5.79. The second-order valence-electron chi connectivity index (χ2n) is 7.43. The number of carbonyl (C=O) groups is 2. The molecule has 150 valence electrons. The molecule has 5 nitrogen and oxygen atoms in total. The number of benzene rings is 2. The molecular weight excluding hydrogens is 354 g/mol. The number of ether oxygens (including phenoxy) is 1. The predicted molar refractivity (Wildman–Crippen MR) is 111 cm³/mol. The van der Waals surface area contributed by atoms with E-state index in [9.17, 15) is 9.59 Å². The average Bonchev–Trinajstić information content (AvgIpc) is 2.66. The van der Waals surface area contributed by atoms with E-state index in [4.69, 9.17) is 15.6 Å². The summed E-state index contributed by atoms with van der Waals surface area (Å²) in [4.78, 5) is 21.7. The van der Waals surface area contributed by atoms with Gasteiger partial charge in [0.2, 0.25) is 0 Å². The molecule has 0 aliphatic heterocycles. The largest absolute Gasteiger partial charge is 0.478 e. The van der Waals surface area contributed by atoms with E-state index in [0.717, 1.165) is 11.1 Å². The van der Waals surface area contributed by atoms with Gasteiger partial charge in [-0.3, -0.25) is 4.79 Å². The van der Waals surface area contributed by atoms with Crippen LogP contribution >= 0.6 is 0 Å². The Kier molecular flexibility index (Phi) is 9.68. The number of carboxylic acids is 1. The molecule has 0 saturated heterocycles. The van der Waals surface area contributed by atoms with Gasteiger partial charge in [0.15, 0.2) is 0 Å². The Morgan fingerprint density at radius 3 is 1.93 bits per heavy atom. The monoisotopic (exact) mass is 383 g/mol. The predicted octanol–water partition coefficient (Wildman–Crippen LogP) is 3.97. The van der Waals surface area contributed by atoms with Crippen molar-refractivity contribution in [1.29, 1.82) is 0 Å². The number of esters is 1. The summed E-state index contributed by atoms with van der Waals surface area (Å²) in [6.45, 7) is 6.12. The highest BCUT2D eigenvalue weighted by Gasteiger charge is 2.15. The zero-order valence-electron chi connectivity index (χ0n) is 16.7. The fourth-order valence-corrected chi connectivity index (χ4v) is 2.11. The second-order valence-corrected chi connectivity index (χ2v) is 7.43. The summed E-state index contributed by atoms with van der Waals surface area (Å²) in [6, 6.07) is 18.6. The zero-order chi connectivity index (χ0) is 21.0. The maximum Gasteiger partial charge on any atom is 0.327 e. The lowest BCUT2D eigenvalue weighted by atomic mass is 9.96. The lowest BCUT2D eigenvalue weighted by Crippen LogP contribution is -2.34. The average molecular weight is 383 g/mol. The van der Waals surface area contributed by atoms with Gasteiger partial charge in [-0.15, -0.1) is 0 Å². The number of carbonyl (C=O) groups excluding carboxylic acids is 1. The maximum absolute atomic E-state index is 11.8. The van der Waals surface area contributed by atoms with Crippen molar-refractivity contribution in [2.45, 2.75) is 39.8 Å². The van der Waals surface area contributed by atoms with Crippen molar-refractivity contribution >= 4 is 11.9 Å². The molecule has 0 aliphatic carbocycles. The van der Waals surface area contributed by atoms with Crippen LogP contribution in [0.25, 0.3) is 0 Å². The van der Waals surface area contributed by atoms with E-state index in [2.05, 4.69) is 0 Å². The van der Waals surface area contributed by atoms with Gasteiger partial charge in [-0.25, -0.2) is 4.79 Å². The van der Waals surface area contributed by atoms with Crippen molar-refractivity contribution in [2.24, 2.45) is 11.1 Å². The quantitative estimate of drug-likeness (QED) is 0.582. The van der Waals surface area contributed by atoms with Gasteiger partial charge in [0.25, 0.3) is 0 Å². The van der Waals surface area contributed by atoms with Crippen LogP contribution < -0.4 is 5.73 Å². The van der Waals surface area contributed by atoms with Crippen LogP contribution in [0.3, 0.4) is 0 Å². The third-order valence-electron chi connectivity index (χ3n) is 3.55. The summed E-state index contributed by atoms with van der Waals surface area (Å²) in [7, 11) is 0. The Morgan fingerprint density at radius 2 is 1.50 bits per heavy atom. The molecule has 2 aromatic rings. The molecule has 0 aromatic heterocycles. The van der Waals surface area contributed by atoms with E-state index in [1.54, 1.807) is 6.08 Å². The van der Waals surface area contributed by atoms with Crippen molar-refractivity contribution in [3.8, 4) is 0 Å². The first-order valence-electron chi connectivity index (χ1n) is 9.09. The molecular formula is C23H29NO4. The summed E-state index contributed by atoms with van der Waals surface area (Å²) in [6.07, 6.45) is 3.32. The molecule has 0 heterocycles. The van der Waals surface area contributed by atoms with Gasteiger partial charge in [0, 0.05) is 6.08 Å². The van der Waals surface area contributed by atoms with Gasteiger partial charge in [0.05, 0.1) is 0 Å². The van der Waals surface area contributed by atoms with Crippen LogP contribution in [0.15, 0.2) is 72.8 Å². The summed E-state index contributed by atoms with van der Waals surface area (Å²) in [5.41, 5.74) is 7.80. The summed E-state index contributed by atoms with van der Waals surface area (Å²) < 4.78 is 5.20. The van der Waals surface area contributed by atoms with Crippen LogP contribution in [0.4, 0.5) is 0 Å². The first-order valence-corrected chi connectivity index (χ1v) is 9.09. The van der Waals surface area contributed by atoms with Gasteiger partial charge < -0.3 is 15.6 Å². The van der Waals surface area contributed by atoms with E-state index >= 15 is 0 Å². The SMILES string of the molecule is CC(C)(C)C=CC(=O)O.N[C@@H](Cc1ccccc1)C(=O)OCc1ccccc1. The van der Waals surface area contributed by atoms with Gasteiger partial charge >= 0.3 is 11.9 Å². The minimum absolute atomic E-state index is 0.0294. The number of carboxylic acid groups (broad SMARTS) is 1. The fraction of sp³-hybridized carbons (Fsp3) is 0.304. The number of rotatable bonds is 6. The minimum Gasteiger partial charge on any atom is -0.478 e. The molecule has 1 atom stereocenters. The number of hydrogen-bond acceptors (Lipinski definition) is 4. The van der Waals surface area contributed by atoms with Crippen LogP contribution in [-0.2, 0) is 27.4 Å². The van der Waals surface area contributed by atoms with Crippen molar-refractivity contribution < 1.29 is 19.4 Å². The van der Waals surface area contributed by atoms with E-state index < -0.39 is 12.0 Å². The number of aliphatic carboxylic acids is 1. The first-order chi connectivity index (χ1) is 13.2. The van der Waals surface area contributed by atoms with Crippen molar-refractivity contribution in [3.63, 3.8) is 0 Å². The summed E-state index contributed by atoms with van der Waals surface area (Å²) in [5.74, 6) is -1.25. The molecule has 0 fully saturated rings. The molecule has 5 heteroatoms. The van der Waals surface area contributed by atoms with Gasteiger partial charge in [-0.1, -0.05) is 87.5 Å². The van der Waals surface area contributed by atoms with Crippen molar-refractivity contribution in [1.82, 2.24) is 0 Å². The highest BCUT2D eigenvalue weighted by Crippen LogP contribution is 2.13. The summed E-state index contributed by atoms with van der Waals surface area (Å²) >= 11 is 0. The molecule has 0 unspecified atom stereocenters. The van der Waals surface area contributed by atoms with E-state index in [0.29, 0.717) is 6.42 Å². The Balaban J connectivity index is 0.000000370. The maximum atomic E-state index is 11.8. The van der Waals surface area contributed by atoms with Crippen LogP contribution in [-0.4, -0.2) is 23.1 Å². The van der Waals surface area contributed by atoms with Crippen LogP contribution in [0.5, 0.6) is 0 Å². The van der Waals surface area contributed by atoms with E-state index in [1.807, 2.05) is 81.4 Å². The second kappa shape index (κ2) is 11.7. The molecule has 0 amide bonds. The van der Waals surface area contributed by atoms with E-state index in [-0.39, 0.29) is 18.0 Å². The molecule has 3 N–H and O–H groups in total. The molecule has 0 saturated carbocycles. The Labute approximate surface area is 166 Å². The molecule has 0 spiro atoms. The number of hydrogen-bond donors (Lipinski definition) is 2. The standard InChI is InChI=1S/C16H17NO2.C7H12O2/c17-15(11-13-7-3-1-4-8-13)16(18)19-12-14-9-5-2-6-10-14;1-7(2,3)5-4-6(8)9/h1-10,15H,11-12,17H2;4-5H,1-3H3,(H,8,9)/t15-;/m0./s1. The van der Waals surface area contributed by atoms with Crippen LogP contribution in [0, 0.1) is 5.41 Å². The number of nitrogens with two attached hydrogens (primary N) is 1. The molecule has 0 aliphatic rings. The van der Waals surface area contributed by atoms with E-state index in [1.165, 1.54) is 6.08 Å². The van der Waals surface area contributed by atoms with Crippen molar-refractivity contribution in [2.75, 3.05) is 0 Å². The minimum atomic E-state index is -0.884. The topological polar surface area (TPSA) is 89.6 Å². The van der Waals surface area contributed by atoms with Gasteiger partial charge in [-0.2, -0.15) is 0 Å². The molecule has 28 heavy (non-hydrogen) atoms. The normalized spacial score (nSPS) is 12.0. The first kappa shape index (κ1) is 23.1. The highest BCUT2D eigenvalue weighted by atomic mass is 16.5. The third-order valence-corrected chi connectivity index (χ3v) is 3.55. The lowest BCUT2D eigenvalue weighted by molar-refractivity contribution is -0.146. The Hall–Kier alpha value is -2.92. The van der Waals surface area contributed by atoms with Gasteiger partial charge in [0.1, 0.15) is 12.6 Å². The summed E-state index contributed by atoms with van der Waals surface area (Å²) in [5, 5.41) is 8.19.